The van der Waals surface area contributed by atoms with Gasteiger partial charge in [-0.15, -0.1) is 0 Å². The highest BCUT2D eigenvalue weighted by atomic mass is 16.4. The average molecular weight is 435 g/mol. The molecule has 0 radical (unpaired) electrons. The van der Waals surface area contributed by atoms with Gasteiger partial charge in [-0.2, -0.15) is 0 Å². The molecule has 4 rings (SSSR count). The summed E-state index contributed by atoms with van der Waals surface area (Å²) in [4.78, 5) is 31.8. The zero-order valence-corrected chi connectivity index (χ0v) is 18.8. The molecule has 0 aliphatic heterocycles. The molecule has 6 nitrogen and oxygen atoms in total. The first-order valence-corrected chi connectivity index (χ1v) is 11.2. The number of Topliss-reactive ketones (excluding diaryl/α,β-unsaturated/α-hetero) is 1. The van der Waals surface area contributed by atoms with Crippen molar-refractivity contribution in [3.05, 3.63) is 65.2 Å². The number of carbonyl (C=O) groups excluding carboxylic acids is 1. The van der Waals surface area contributed by atoms with Crippen molar-refractivity contribution in [2.24, 2.45) is 0 Å². The lowest BCUT2D eigenvalue weighted by Crippen LogP contribution is -2.56. The standard InChI is InChI=1S/C26H30N2O4/c1-26(2,3)28(25(31)32)22-13-12-18(22)23-19(16-8-5-4-6-9-16)14-20-21(27-23)11-7-10-17(15-29)24(20)30/h4-6,8-9,14-15,18,22,29H,7,10-13H2,1-3H3,(H,31,32). The minimum absolute atomic E-state index is 0.0305. The predicted octanol–water partition coefficient (Wildman–Crippen LogP) is 5.73. The van der Waals surface area contributed by atoms with E-state index in [1.165, 1.54) is 0 Å². The van der Waals surface area contributed by atoms with Crippen molar-refractivity contribution in [1.29, 1.82) is 0 Å². The second-order valence-electron chi connectivity index (χ2n) is 9.69. The van der Waals surface area contributed by atoms with Crippen LogP contribution in [0.4, 0.5) is 4.79 Å². The van der Waals surface area contributed by atoms with E-state index < -0.39 is 11.6 Å². The summed E-state index contributed by atoms with van der Waals surface area (Å²) in [5, 5.41) is 19.5. The highest BCUT2D eigenvalue weighted by molar-refractivity contribution is 6.10. The number of ketones is 1. The Bertz CT molecular complexity index is 1070. The van der Waals surface area contributed by atoms with Crippen LogP contribution in [0, 0.1) is 0 Å². The van der Waals surface area contributed by atoms with Gasteiger partial charge in [0.1, 0.15) is 0 Å². The lowest BCUT2D eigenvalue weighted by Gasteiger charge is -2.49. The number of hydrogen-bond donors (Lipinski definition) is 2. The van der Waals surface area contributed by atoms with Gasteiger partial charge in [0.25, 0.3) is 0 Å². The summed E-state index contributed by atoms with van der Waals surface area (Å²) in [6.45, 7) is 5.75. The monoisotopic (exact) mass is 434 g/mol. The zero-order chi connectivity index (χ0) is 23.0. The molecule has 32 heavy (non-hydrogen) atoms. The van der Waals surface area contributed by atoms with E-state index in [0.29, 0.717) is 24.0 Å². The molecule has 2 aromatic rings. The molecule has 0 bridgehead atoms. The molecule has 1 amide bonds. The summed E-state index contributed by atoms with van der Waals surface area (Å²) in [7, 11) is 0. The van der Waals surface area contributed by atoms with Gasteiger partial charge in [-0.05, 0) is 64.5 Å². The maximum Gasteiger partial charge on any atom is 0.408 e. The molecule has 2 atom stereocenters. The molecule has 2 aliphatic rings. The first-order chi connectivity index (χ1) is 15.2. The van der Waals surface area contributed by atoms with E-state index in [1.807, 2.05) is 57.2 Å². The van der Waals surface area contributed by atoms with Gasteiger partial charge < -0.3 is 10.2 Å². The number of aryl methyl sites for hydroxylation is 1. The molecule has 1 fully saturated rings. The molecule has 1 saturated carbocycles. The number of amides is 1. The maximum absolute atomic E-state index is 13.1. The average Bonchev–Trinajstić information content (AvgIpc) is 2.88. The molecule has 2 unspecified atom stereocenters. The predicted molar refractivity (Wildman–Crippen MR) is 123 cm³/mol. The number of aliphatic hydroxyl groups excluding tert-OH is 1. The number of carboxylic acid groups (broad SMARTS) is 1. The number of carbonyl (C=O) groups is 2. The van der Waals surface area contributed by atoms with Crippen LogP contribution in [0.2, 0.25) is 0 Å². The molecule has 168 valence electrons. The van der Waals surface area contributed by atoms with Crippen molar-refractivity contribution in [3.63, 3.8) is 0 Å². The third kappa shape index (κ3) is 3.90. The van der Waals surface area contributed by atoms with E-state index in [-0.39, 0.29) is 17.7 Å². The maximum atomic E-state index is 13.1. The van der Waals surface area contributed by atoms with Gasteiger partial charge >= 0.3 is 6.09 Å². The molecule has 1 aromatic carbocycles. The first kappa shape index (κ1) is 22.1. The number of nitrogens with zero attached hydrogens (tertiary/aromatic N) is 2. The molecule has 0 spiro atoms. The van der Waals surface area contributed by atoms with Crippen molar-refractivity contribution in [3.8, 4) is 11.1 Å². The van der Waals surface area contributed by atoms with Crippen molar-refractivity contribution in [2.75, 3.05) is 0 Å². The molecule has 2 aliphatic carbocycles. The smallest absolute Gasteiger partial charge is 0.408 e. The van der Waals surface area contributed by atoms with E-state index in [4.69, 9.17) is 4.98 Å². The lowest BCUT2D eigenvalue weighted by molar-refractivity contribution is 0.0288. The molecule has 1 heterocycles. The quantitative estimate of drug-likeness (QED) is 0.365. The molecule has 1 aromatic heterocycles. The van der Waals surface area contributed by atoms with Gasteiger partial charge in [0.2, 0.25) is 0 Å². The Hall–Kier alpha value is -3.15. The Labute approximate surface area is 188 Å². The van der Waals surface area contributed by atoms with Gasteiger partial charge in [-0.3, -0.25) is 14.7 Å². The van der Waals surface area contributed by atoms with Gasteiger partial charge in [0, 0.05) is 34.2 Å². The summed E-state index contributed by atoms with van der Waals surface area (Å²) >= 11 is 0. The van der Waals surface area contributed by atoms with Crippen LogP contribution in [0.15, 0.2) is 48.2 Å². The van der Waals surface area contributed by atoms with Crippen LogP contribution in [-0.4, -0.2) is 43.6 Å². The Kier molecular flexibility index (Phi) is 5.80. The van der Waals surface area contributed by atoms with Crippen LogP contribution in [0.5, 0.6) is 0 Å². The number of fused-ring (bicyclic) bond motifs is 1. The molecular weight excluding hydrogens is 404 g/mol. The van der Waals surface area contributed by atoms with Crippen molar-refractivity contribution in [1.82, 2.24) is 9.88 Å². The molecule has 6 heteroatoms. The summed E-state index contributed by atoms with van der Waals surface area (Å²) in [5.41, 5.74) is 3.84. The topological polar surface area (TPSA) is 90.7 Å². The fourth-order valence-corrected chi connectivity index (χ4v) is 4.98. The van der Waals surface area contributed by atoms with Crippen LogP contribution < -0.4 is 0 Å². The number of hydrogen-bond acceptors (Lipinski definition) is 4. The Morgan fingerprint density at radius 2 is 1.84 bits per heavy atom. The lowest BCUT2D eigenvalue weighted by atomic mass is 9.73. The van der Waals surface area contributed by atoms with E-state index in [0.717, 1.165) is 48.0 Å². The largest absolute Gasteiger partial charge is 0.515 e. The second-order valence-corrected chi connectivity index (χ2v) is 9.69. The van der Waals surface area contributed by atoms with Crippen molar-refractivity contribution < 1.29 is 19.8 Å². The van der Waals surface area contributed by atoms with Crippen molar-refractivity contribution >= 4 is 11.9 Å². The van der Waals surface area contributed by atoms with Gasteiger partial charge in [0.05, 0.1) is 17.6 Å². The minimum atomic E-state index is -0.920. The van der Waals surface area contributed by atoms with Crippen LogP contribution >= 0.6 is 0 Å². The molecule has 2 N–H and O–H groups in total. The second kappa shape index (κ2) is 8.41. The fraction of sp³-hybridized carbons (Fsp3) is 0.423. The van der Waals surface area contributed by atoms with E-state index in [1.54, 1.807) is 4.90 Å². The fourth-order valence-electron chi connectivity index (χ4n) is 4.98. The Morgan fingerprint density at radius 1 is 1.12 bits per heavy atom. The van der Waals surface area contributed by atoms with E-state index in [9.17, 15) is 19.8 Å². The van der Waals surface area contributed by atoms with E-state index in [2.05, 4.69) is 0 Å². The highest BCUT2D eigenvalue weighted by Gasteiger charge is 2.45. The summed E-state index contributed by atoms with van der Waals surface area (Å²) < 4.78 is 0. The molecular formula is C26H30N2O4. The van der Waals surface area contributed by atoms with Gasteiger partial charge in [0.15, 0.2) is 5.78 Å². The summed E-state index contributed by atoms with van der Waals surface area (Å²) in [5.74, 6) is -0.208. The number of aliphatic hydroxyl groups is 1. The summed E-state index contributed by atoms with van der Waals surface area (Å²) in [6, 6.07) is 11.6. The number of pyridine rings is 1. The van der Waals surface area contributed by atoms with Crippen LogP contribution in [-0.2, 0) is 6.42 Å². The number of benzene rings is 1. The number of aromatic nitrogens is 1. The van der Waals surface area contributed by atoms with Gasteiger partial charge in [-0.25, -0.2) is 4.79 Å². The SMILES string of the molecule is CC(C)(C)N(C(=O)O)C1CCC1c1nc2c(cc1-c1ccccc1)C(=O)C(=CO)CCC2. The summed E-state index contributed by atoms with van der Waals surface area (Å²) in [6.07, 6.45) is 3.55. The normalized spacial score (nSPS) is 22.1. The van der Waals surface area contributed by atoms with E-state index >= 15 is 0 Å². The molecule has 0 saturated heterocycles. The number of allylic oxidation sites excluding steroid dienone is 1. The number of rotatable bonds is 3. The Balaban J connectivity index is 1.86. The van der Waals surface area contributed by atoms with Gasteiger partial charge in [-0.1, -0.05) is 30.3 Å². The first-order valence-electron chi connectivity index (χ1n) is 11.2. The minimum Gasteiger partial charge on any atom is -0.515 e. The van der Waals surface area contributed by atoms with Crippen LogP contribution in [0.25, 0.3) is 11.1 Å². The van der Waals surface area contributed by atoms with Crippen molar-refractivity contribution in [2.45, 2.75) is 70.4 Å². The van der Waals surface area contributed by atoms with Crippen LogP contribution in [0.3, 0.4) is 0 Å². The highest BCUT2D eigenvalue weighted by Crippen LogP contribution is 2.46. The third-order valence-corrected chi connectivity index (χ3v) is 6.62. The Morgan fingerprint density at radius 3 is 2.41 bits per heavy atom. The van der Waals surface area contributed by atoms with Crippen LogP contribution in [0.1, 0.15) is 74.1 Å². The zero-order valence-electron chi connectivity index (χ0n) is 18.8. The third-order valence-electron chi connectivity index (χ3n) is 6.62.